The van der Waals surface area contributed by atoms with Crippen LogP contribution >= 0.6 is 0 Å². The van der Waals surface area contributed by atoms with Crippen molar-refractivity contribution in [2.24, 2.45) is 5.73 Å². The van der Waals surface area contributed by atoms with E-state index >= 15 is 0 Å². The summed E-state index contributed by atoms with van der Waals surface area (Å²) < 4.78 is 11.0. The van der Waals surface area contributed by atoms with Gasteiger partial charge in [0.15, 0.2) is 5.75 Å². The highest BCUT2D eigenvalue weighted by molar-refractivity contribution is 5.88. The van der Waals surface area contributed by atoms with Crippen molar-refractivity contribution in [2.45, 2.75) is 5.92 Å². The van der Waals surface area contributed by atoms with E-state index in [-0.39, 0.29) is 28.3 Å². The first-order valence-corrected chi connectivity index (χ1v) is 7.98. The topological polar surface area (TPSA) is 127 Å². The van der Waals surface area contributed by atoms with Gasteiger partial charge >= 0.3 is 11.6 Å². The Morgan fingerprint density at radius 3 is 2.52 bits per heavy atom. The summed E-state index contributed by atoms with van der Waals surface area (Å²) in [4.78, 5) is 23.8. The van der Waals surface area contributed by atoms with Crippen molar-refractivity contribution in [3.63, 3.8) is 0 Å². The van der Waals surface area contributed by atoms with E-state index in [9.17, 15) is 14.9 Å². The summed E-state index contributed by atoms with van der Waals surface area (Å²) in [7, 11) is 0. The van der Waals surface area contributed by atoms with Crippen molar-refractivity contribution >= 4 is 16.9 Å². The van der Waals surface area contributed by atoms with Gasteiger partial charge in [0.05, 0.1) is 22.4 Å². The van der Waals surface area contributed by atoms with Gasteiger partial charge in [-0.25, -0.2) is 9.59 Å². The minimum absolute atomic E-state index is 0.0631. The van der Waals surface area contributed by atoms with Crippen LogP contribution in [0.25, 0.3) is 11.0 Å². The number of nitriles is 1. The highest BCUT2D eigenvalue weighted by atomic mass is 16.5. The third-order valence-corrected chi connectivity index (χ3v) is 4.47. The Labute approximate surface area is 152 Å². The average Bonchev–Trinajstić information content (AvgIpc) is 2.67. The number of carboxylic acid groups (broad SMARTS) is 1. The Hall–Kier alpha value is -4.05. The maximum absolute atomic E-state index is 12.7. The summed E-state index contributed by atoms with van der Waals surface area (Å²) in [5, 5.41) is 19.2. The van der Waals surface area contributed by atoms with Crippen LogP contribution < -0.4 is 16.1 Å². The van der Waals surface area contributed by atoms with Crippen LogP contribution in [0.2, 0.25) is 0 Å². The van der Waals surface area contributed by atoms with Crippen LogP contribution in [-0.4, -0.2) is 11.1 Å². The van der Waals surface area contributed by atoms with Crippen molar-refractivity contribution in [1.29, 1.82) is 5.26 Å². The standard InChI is InChI=1S/C20H12N2O5/c21-9-13-15(10-5-7-11(8-6-10)19(23)24)16-17(27-18(13)22)12-3-1-2-4-14(12)26-20(16)25/h1-8,15H,22H2,(H,23,24)/t15-/m0/s1. The number of nitrogens with two attached hydrogens (primary N) is 1. The van der Waals surface area contributed by atoms with Gasteiger partial charge in [-0.05, 0) is 29.8 Å². The number of fused-ring (bicyclic) bond motifs is 3. The number of rotatable bonds is 2. The molecule has 1 atom stereocenters. The third kappa shape index (κ3) is 2.51. The monoisotopic (exact) mass is 360 g/mol. The molecule has 1 aliphatic rings. The fraction of sp³-hybridized carbons (Fsp3) is 0.0500. The third-order valence-electron chi connectivity index (χ3n) is 4.47. The van der Waals surface area contributed by atoms with Gasteiger partial charge in [-0.1, -0.05) is 24.3 Å². The molecule has 0 fully saturated rings. The van der Waals surface area contributed by atoms with Gasteiger partial charge < -0.3 is 20.0 Å². The lowest BCUT2D eigenvalue weighted by Gasteiger charge is -2.26. The molecule has 2 aromatic carbocycles. The highest BCUT2D eigenvalue weighted by Gasteiger charge is 2.35. The molecule has 0 radical (unpaired) electrons. The van der Waals surface area contributed by atoms with Crippen LogP contribution in [0.4, 0.5) is 0 Å². The number of para-hydroxylation sites is 1. The first kappa shape index (κ1) is 16.4. The van der Waals surface area contributed by atoms with Gasteiger partial charge in [-0.15, -0.1) is 0 Å². The number of benzene rings is 2. The molecular formula is C20H12N2O5. The fourth-order valence-corrected chi connectivity index (χ4v) is 3.22. The summed E-state index contributed by atoms with van der Waals surface area (Å²) in [5.74, 6) is -1.75. The molecule has 0 amide bonds. The van der Waals surface area contributed by atoms with E-state index in [1.165, 1.54) is 12.1 Å². The zero-order valence-corrected chi connectivity index (χ0v) is 13.8. The van der Waals surface area contributed by atoms with Crippen LogP contribution in [0.3, 0.4) is 0 Å². The summed E-state index contributed by atoms with van der Waals surface area (Å²) in [6.45, 7) is 0. The zero-order valence-electron chi connectivity index (χ0n) is 13.8. The normalized spacial score (nSPS) is 15.7. The molecular weight excluding hydrogens is 348 g/mol. The number of hydrogen-bond acceptors (Lipinski definition) is 6. The Morgan fingerprint density at radius 2 is 1.85 bits per heavy atom. The van der Waals surface area contributed by atoms with Crippen molar-refractivity contribution in [3.05, 3.63) is 87.1 Å². The number of ether oxygens (including phenoxy) is 1. The molecule has 2 heterocycles. The van der Waals surface area contributed by atoms with E-state index < -0.39 is 17.5 Å². The Balaban J connectivity index is 2.01. The fourth-order valence-electron chi connectivity index (χ4n) is 3.22. The van der Waals surface area contributed by atoms with E-state index in [1.807, 2.05) is 6.07 Å². The van der Waals surface area contributed by atoms with Crippen molar-refractivity contribution in [2.75, 3.05) is 0 Å². The van der Waals surface area contributed by atoms with Gasteiger partial charge in [-0.3, -0.25) is 0 Å². The molecule has 0 unspecified atom stereocenters. The largest absolute Gasteiger partial charge is 0.478 e. The summed E-state index contributed by atoms with van der Waals surface area (Å²) in [5.41, 5.74) is 6.50. The number of carboxylic acids is 1. The van der Waals surface area contributed by atoms with Crippen LogP contribution in [0, 0.1) is 11.3 Å². The van der Waals surface area contributed by atoms with E-state index in [0.717, 1.165) is 0 Å². The van der Waals surface area contributed by atoms with Crippen molar-refractivity contribution in [3.8, 4) is 11.8 Å². The number of carbonyl (C=O) groups is 1. The molecule has 0 spiro atoms. The molecule has 1 aromatic heterocycles. The molecule has 3 aromatic rings. The Morgan fingerprint density at radius 1 is 1.15 bits per heavy atom. The van der Waals surface area contributed by atoms with Gasteiger partial charge in [0, 0.05) is 0 Å². The Bertz CT molecular complexity index is 1220. The van der Waals surface area contributed by atoms with Crippen LogP contribution in [0.1, 0.15) is 27.4 Å². The first-order valence-electron chi connectivity index (χ1n) is 7.98. The molecule has 0 aliphatic carbocycles. The predicted octanol–water partition coefficient (Wildman–Crippen LogP) is 2.71. The van der Waals surface area contributed by atoms with Crippen LogP contribution in [-0.2, 0) is 0 Å². The van der Waals surface area contributed by atoms with E-state index in [2.05, 4.69) is 0 Å². The lowest BCUT2D eigenvalue weighted by atomic mass is 9.83. The molecule has 0 saturated heterocycles. The number of nitrogens with zero attached hydrogens (tertiary/aromatic N) is 1. The van der Waals surface area contributed by atoms with Gasteiger partial charge in [0.25, 0.3) is 0 Å². The molecule has 7 nitrogen and oxygen atoms in total. The summed E-state index contributed by atoms with van der Waals surface area (Å²) in [6, 6.07) is 14.7. The summed E-state index contributed by atoms with van der Waals surface area (Å²) >= 11 is 0. The van der Waals surface area contributed by atoms with Gasteiger partial charge in [0.2, 0.25) is 5.88 Å². The average molecular weight is 360 g/mol. The smallest absolute Gasteiger partial charge is 0.344 e. The van der Waals surface area contributed by atoms with E-state index in [1.54, 1.807) is 36.4 Å². The SMILES string of the molecule is N#CC1=C(N)Oc2c(c(=O)oc3ccccc23)[C@H]1c1ccc(C(=O)O)cc1. The van der Waals surface area contributed by atoms with Crippen LogP contribution in [0.5, 0.6) is 5.75 Å². The number of hydrogen-bond donors (Lipinski definition) is 2. The molecule has 3 N–H and O–H groups in total. The van der Waals surface area contributed by atoms with Gasteiger partial charge in [-0.2, -0.15) is 5.26 Å². The minimum Gasteiger partial charge on any atom is -0.478 e. The second kappa shape index (κ2) is 6.04. The molecule has 132 valence electrons. The molecule has 7 heteroatoms. The second-order valence-electron chi connectivity index (χ2n) is 5.98. The maximum atomic E-state index is 12.7. The second-order valence-corrected chi connectivity index (χ2v) is 5.98. The zero-order chi connectivity index (χ0) is 19.1. The highest BCUT2D eigenvalue weighted by Crippen LogP contribution is 2.43. The Kier molecular flexibility index (Phi) is 3.67. The van der Waals surface area contributed by atoms with E-state index in [4.69, 9.17) is 20.0 Å². The lowest BCUT2D eigenvalue weighted by Crippen LogP contribution is -2.26. The summed E-state index contributed by atoms with van der Waals surface area (Å²) in [6.07, 6.45) is 0. The molecule has 0 saturated carbocycles. The predicted molar refractivity (Wildman–Crippen MR) is 95.2 cm³/mol. The number of aromatic carboxylic acids is 1. The van der Waals surface area contributed by atoms with Crippen molar-refractivity contribution < 1.29 is 19.1 Å². The first-order chi connectivity index (χ1) is 13.0. The minimum atomic E-state index is -1.07. The van der Waals surface area contributed by atoms with Crippen molar-refractivity contribution in [1.82, 2.24) is 0 Å². The molecule has 1 aliphatic heterocycles. The van der Waals surface area contributed by atoms with Gasteiger partial charge in [0.1, 0.15) is 17.2 Å². The maximum Gasteiger partial charge on any atom is 0.344 e. The molecule has 4 rings (SSSR count). The van der Waals surface area contributed by atoms with E-state index in [0.29, 0.717) is 16.5 Å². The van der Waals surface area contributed by atoms with Crippen LogP contribution in [0.15, 0.2) is 69.2 Å². The molecule has 27 heavy (non-hydrogen) atoms. The number of allylic oxidation sites excluding steroid dienone is 1. The quantitative estimate of drug-likeness (QED) is 0.673. The lowest BCUT2D eigenvalue weighted by molar-refractivity contribution is 0.0697. The molecule has 0 bridgehead atoms.